The largest absolute Gasteiger partial charge is 0.508 e. The van der Waals surface area contributed by atoms with Crippen LogP contribution in [-0.4, -0.2) is 23.7 Å². The zero-order valence-electron chi connectivity index (χ0n) is 8.41. The van der Waals surface area contributed by atoms with E-state index in [2.05, 4.69) is 20.7 Å². The molecule has 0 bridgehead atoms. The van der Waals surface area contributed by atoms with Crippen LogP contribution in [0.2, 0.25) is 0 Å². The highest BCUT2D eigenvalue weighted by atomic mass is 79.9. The molecule has 0 spiro atoms. The maximum atomic E-state index is 13.6. The summed E-state index contributed by atoms with van der Waals surface area (Å²) in [5.41, 5.74) is -0.0546. The van der Waals surface area contributed by atoms with E-state index < -0.39 is 24.7 Å². The summed E-state index contributed by atoms with van der Waals surface area (Å²) >= 11 is 3.12. The molecule has 7 heteroatoms. The molecule has 1 aliphatic heterocycles. The zero-order valence-corrected chi connectivity index (χ0v) is 10.0. The Balaban J connectivity index is 2.42. The second-order valence-corrected chi connectivity index (χ2v) is 4.53. The first-order valence-corrected chi connectivity index (χ1v) is 5.49. The summed E-state index contributed by atoms with van der Waals surface area (Å²) in [6, 6.07) is 2.52. The SMILES string of the molecule is O=C1N[C@@H](c2cc(Br)ccc2O)C(F)(F)CO1. The van der Waals surface area contributed by atoms with Gasteiger partial charge in [0.1, 0.15) is 11.8 Å². The predicted octanol–water partition coefficient (Wildman–Crippen LogP) is 2.57. The molecule has 2 N–H and O–H groups in total. The lowest BCUT2D eigenvalue weighted by Crippen LogP contribution is -2.49. The molecule has 1 aromatic carbocycles. The fourth-order valence-corrected chi connectivity index (χ4v) is 1.95. The van der Waals surface area contributed by atoms with Crippen LogP contribution in [0.3, 0.4) is 0 Å². The second kappa shape index (κ2) is 4.14. The number of rotatable bonds is 1. The minimum atomic E-state index is -3.27. The van der Waals surface area contributed by atoms with E-state index in [0.29, 0.717) is 4.47 Å². The first kappa shape index (κ1) is 12.1. The maximum absolute atomic E-state index is 13.6. The highest BCUT2D eigenvalue weighted by Gasteiger charge is 2.47. The Morgan fingerprint density at radius 2 is 2.24 bits per heavy atom. The van der Waals surface area contributed by atoms with Gasteiger partial charge in [-0.3, -0.25) is 0 Å². The number of hydrogen-bond donors (Lipinski definition) is 2. The Bertz CT molecular complexity index is 467. The Kier molecular flexibility index (Phi) is 2.94. The lowest BCUT2D eigenvalue weighted by atomic mass is 9.99. The van der Waals surface area contributed by atoms with Crippen LogP contribution in [0.4, 0.5) is 13.6 Å². The summed E-state index contributed by atoms with van der Waals surface area (Å²) in [6.07, 6.45) is -0.930. The fraction of sp³-hybridized carbons (Fsp3) is 0.300. The topological polar surface area (TPSA) is 58.6 Å². The number of phenolic OH excluding ortho intramolecular Hbond substituents is 1. The van der Waals surface area contributed by atoms with E-state index in [1.54, 1.807) is 0 Å². The number of hydrogen-bond acceptors (Lipinski definition) is 3. The molecule has 2 rings (SSSR count). The second-order valence-electron chi connectivity index (χ2n) is 3.62. The highest BCUT2D eigenvalue weighted by Crippen LogP contribution is 2.39. The van der Waals surface area contributed by atoms with Gasteiger partial charge in [-0.15, -0.1) is 0 Å². The van der Waals surface area contributed by atoms with Crippen molar-refractivity contribution in [1.29, 1.82) is 0 Å². The van der Waals surface area contributed by atoms with Crippen LogP contribution in [0.15, 0.2) is 22.7 Å². The smallest absolute Gasteiger partial charge is 0.408 e. The number of amides is 1. The number of alkyl carbamates (subject to hydrolysis) is 1. The summed E-state index contributed by atoms with van der Waals surface area (Å²) in [5, 5.41) is 11.6. The number of cyclic esters (lactones) is 1. The molecule has 1 amide bonds. The molecule has 4 nitrogen and oxygen atoms in total. The fourth-order valence-electron chi connectivity index (χ4n) is 1.57. The van der Waals surface area contributed by atoms with E-state index in [0.717, 1.165) is 0 Å². The van der Waals surface area contributed by atoms with E-state index in [1.165, 1.54) is 18.2 Å². The van der Waals surface area contributed by atoms with Crippen molar-refractivity contribution in [3.63, 3.8) is 0 Å². The van der Waals surface area contributed by atoms with Crippen LogP contribution < -0.4 is 5.32 Å². The summed E-state index contributed by atoms with van der Waals surface area (Å²) in [7, 11) is 0. The van der Waals surface area contributed by atoms with Crippen molar-refractivity contribution >= 4 is 22.0 Å². The maximum Gasteiger partial charge on any atom is 0.408 e. The van der Waals surface area contributed by atoms with E-state index in [9.17, 15) is 18.7 Å². The third-order valence-electron chi connectivity index (χ3n) is 2.38. The van der Waals surface area contributed by atoms with Crippen molar-refractivity contribution in [2.24, 2.45) is 0 Å². The van der Waals surface area contributed by atoms with Crippen molar-refractivity contribution in [1.82, 2.24) is 5.32 Å². The molecule has 1 atom stereocenters. The van der Waals surface area contributed by atoms with E-state index >= 15 is 0 Å². The number of benzene rings is 1. The van der Waals surface area contributed by atoms with Crippen LogP contribution in [0.1, 0.15) is 11.6 Å². The Morgan fingerprint density at radius 1 is 1.53 bits per heavy atom. The van der Waals surface area contributed by atoms with Crippen molar-refractivity contribution in [3.05, 3.63) is 28.2 Å². The Hall–Kier alpha value is -1.37. The van der Waals surface area contributed by atoms with Crippen LogP contribution in [0.5, 0.6) is 5.75 Å². The van der Waals surface area contributed by atoms with Gasteiger partial charge in [0.15, 0.2) is 6.61 Å². The Morgan fingerprint density at radius 3 is 2.94 bits per heavy atom. The van der Waals surface area contributed by atoms with Crippen molar-refractivity contribution < 1.29 is 23.4 Å². The van der Waals surface area contributed by atoms with Gasteiger partial charge in [-0.25, -0.2) is 13.6 Å². The molecular formula is C10H8BrF2NO3. The summed E-state index contributed by atoms with van der Waals surface area (Å²) in [5.74, 6) is -3.58. The van der Waals surface area contributed by atoms with Gasteiger partial charge in [-0.2, -0.15) is 0 Å². The number of nitrogens with one attached hydrogen (secondary N) is 1. The third-order valence-corrected chi connectivity index (χ3v) is 2.87. The number of phenols is 1. The van der Waals surface area contributed by atoms with Crippen LogP contribution in [-0.2, 0) is 4.74 Å². The van der Waals surface area contributed by atoms with Gasteiger partial charge in [0, 0.05) is 10.0 Å². The monoisotopic (exact) mass is 307 g/mol. The number of aromatic hydroxyl groups is 1. The van der Waals surface area contributed by atoms with Gasteiger partial charge < -0.3 is 15.2 Å². The summed E-state index contributed by atoms with van der Waals surface area (Å²) < 4.78 is 31.9. The molecule has 1 saturated heterocycles. The standard InChI is InChI=1S/C10H8BrF2NO3/c11-5-1-2-7(15)6(3-5)8-10(12,13)4-17-9(16)14-8/h1-3,8,15H,4H2,(H,14,16)/t8-/m0/s1. The summed E-state index contributed by atoms with van der Waals surface area (Å²) in [6.45, 7) is -1.00. The number of halogens is 3. The van der Waals surface area contributed by atoms with E-state index in [4.69, 9.17) is 0 Å². The van der Waals surface area contributed by atoms with Gasteiger partial charge >= 0.3 is 12.0 Å². The lowest BCUT2D eigenvalue weighted by Gasteiger charge is -2.32. The minimum Gasteiger partial charge on any atom is -0.508 e. The Labute approximate surface area is 104 Å². The predicted molar refractivity (Wildman–Crippen MR) is 58.0 cm³/mol. The number of alkyl halides is 2. The van der Waals surface area contributed by atoms with Gasteiger partial charge in [0.05, 0.1) is 0 Å². The third kappa shape index (κ3) is 2.33. The van der Waals surface area contributed by atoms with Crippen LogP contribution >= 0.6 is 15.9 Å². The average molecular weight is 308 g/mol. The van der Waals surface area contributed by atoms with Crippen molar-refractivity contribution in [2.75, 3.05) is 6.61 Å². The van der Waals surface area contributed by atoms with Gasteiger partial charge in [-0.05, 0) is 18.2 Å². The van der Waals surface area contributed by atoms with Crippen molar-refractivity contribution in [3.8, 4) is 5.75 Å². The van der Waals surface area contributed by atoms with E-state index in [1.807, 2.05) is 5.32 Å². The molecular weight excluding hydrogens is 300 g/mol. The van der Waals surface area contributed by atoms with Crippen LogP contribution in [0, 0.1) is 0 Å². The molecule has 1 heterocycles. The van der Waals surface area contributed by atoms with Crippen LogP contribution in [0.25, 0.3) is 0 Å². The molecule has 0 radical (unpaired) electrons. The highest BCUT2D eigenvalue weighted by molar-refractivity contribution is 9.10. The van der Waals surface area contributed by atoms with Gasteiger partial charge in [0.25, 0.3) is 0 Å². The molecule has 1 fully saturated rings. The molecule has 0 aromatic heterocycles. The van der Waals surface area contributed by atoms with Gasteiger partial charge in [-0.1, -0.05) is 15.9 Å². The molecule has 17 heavy (non-hydrogen) atoms. The first-order chi connectivity index (χ1) is 7.90. The molecule has 0 saturated carbocycles. The van der Waals surface area contributed by atoms with Crippen molar-refractivity contribution in [2.45, 2.75) is 12.0 Å². The number of ether oxygens (including phenoxy) is 1. The molecule has 1 aromatic rings. The molecule has 0 aliphatic carbocycles. The summed E-state index contributed by atoms with van der Waals surface area (Å²) in [4.78, 5) is 11.0. The van der Waals surface area contributed by atoms with Gasteiger partial charge in [0.2, 0.25) is 0 Å². The normalized spacial score (nSPS) is 22.8. The average Bonchev–Trinajstić information content (AvgIpc) is 2.26. The number of carbonyl (C=O) groups is 1. The zero-order chi connectivity index (χ0) is 12.6. The van der Waals surface area contributed by atoms with E-state index in [-0.39, 0.29) is 11.3 Å². The quantitative estimate of drug-likeness (QED) is 0.838. The number of carbonyl (C=O) groups excluding carboxylic acids is 1. The molecule has 92 valence electrons. The minimum absolute atomic E-state index is 0.0546. The molecule has 1 aliphatic rings. The molecule has 0 unspecified atom stereocenters. The first-order valence-electron chi connectivity index (χ1n) is 4.70. The lowest BCUT2D eigenvalue weighted by molar-refractivity contribution is -0.104.